The number of rotatable bonds is 4. The Bertz CT molecular complexity index is 2860. The van der Waals surface area contributed by atoms with Gasteiger partial charge in [0, 0.05) is 57.0 Å². The molecule has 0 spiro atoms. The fourth-order valence-electron chi connectivity index (χ4n) is 6.99. The SMILES string of the molecule is c1ccc(-c2cccc3ccccc23)c(-c2nc(-c3cccc4c3sc3ccccc34)nc(-c3cccc4sc5ccccc5c34)n2)c1. The zero-order valence-electron chi connectivity index (χ0n) is 25.6. The molecule has 0 aliphatic rings. The minimum Gasteiger partial charge on any atom is -0.208 e. The van der Waals surface area contributed by atoms with Gasteiger partial charge < -0.3 is 0 Å². The second-order valence-electron chi connectivity index (χ2n) is 11.9. The van der Waals surface area contributed by atoms with Crippen LogP contribution >= 0.6 is 22.7 Å². The topological polar surface area (TPSA) is 38.7 Å². The molecule has 0 saturated heterocycles. The Morgan fingerprint density at radius 3 is 1.67 bits per heavy atom. The van der Waals surface area contributed by atoms with E-state index in [9.17, 15) is 0 Å². The van der Waals surface area contributed by atoms with Crippen LogP contribution < -0.4 is 0 Å². The van der Waals surface area contributed by atoms with Crippen molar-refractivity contribution in [1.82, 2.24) is 15.0 Å². The number of thiophene rings is 2. The molecule has 10 aromatic rings. The van der Waals surface area contributed by atoms with Crippen molar-refractivity contribution in [2.24, 2.45) is 0 Å². The van der Waals surface area contributed by atoms with Gasteiger partial charge in [-0.3, -0.25) is 0 Å². The van der Waals surface area contributed by atoms with Gasteiger partial charge in [0.1, 0.15) is 0 Å². The van der Waals surface area contributed by atoms with Crippen LogP contribution in [0.25, 0.3) is 96.4 Å². The van der Waals surface area contributed by atoms with Crippen molar-refractivity contribution in [2.75, 3.05) is 0 Å². The van der Waals surface area contributed by atoms with Crippen molar-refractivity contribution in [1.29, 1.82) is 0 Å². The molecule has 0 radical (unpaired) electrons. The minimum absolute atomic E-state index is 0.660. The largest absolute Gasteiger partial charge is 0.208 e. The summed E-state index contributed by atoms with van der Waals surface area (Å²) in [6.07, 6.45) is 0. The average Bonchev–Trinajstić information content (AvgIpc) is 3.73. The Kier molecular flexibility index (Phi) is 6.22. The first-order valence-electron chi connectivity index (χ1n) is 15.9. The summed E-state index contributed by atoms with van der Waals surface area (Å²) in [6, 6.07) is 53.7. The summed E-state index contributed by atoms with van der Waals surface area (Å²) < 4.78 is 4.92. The average molecular weight is 648 g/mol. The van der Waals surface area contributed by atoms with Gasteiger partial charge in [0.05, 0.1) is 0 Å². The van der Waals surface area contributed by atoms with Crippen LogP contribution in [0.2, 0.25) is 0 Å². The van der Waals surface area contributed by atoms with Gasteiger partial charge in [0.25, 0.3) is 0 Å². The number of fused-ring (bicyclic) bond motifs is 7. The van der Waals surface area contributed by atoms with Gasteiger partial charge in [-0.2, -0.15) is 0 Å². The summed E-state index contributed by atoms with van der Waals surface area (Å²) in [5.41, 5.74) is 5.26. The highest BCUT2D eigenvalue weighted by atomic mass is 32.1. The van der Waals surface area contributed by atoms with Crippen LogP contribution in [-0.2, 0) is 0 Å². The van der Waals surface area contributed by atoms with Crippen LogP contribution in [0.4, 0.5) is 0 Å². The van der Waals surface area contributed by atoms with E-state index in [0.717, 1.165) is 27.8 Å². The van der Waals surface area contributed by atoms with E-state index < -0.39 is 0 Å². The maximum absolute atomic E-state index is 5.31. The molecule has 7 aromatic carbocycles. The molecular weight excluding hydrogens is 623 g/mol. The van der Waals surface area contributed by atoms with Crippen molar-refractivity contribution in [3.05, 3.63) is 152 Å². The molecule has 0 fully saturated rings. The lowest BCUT2D eigenvalue weighted by molar-refractivity contribution is 1.08. The molecule has 224 valence electrons. The predicted molar refractivity (Wildman–Crippen MR) is 205 cm³/mol. The Balaban J connectivity index is 1.28. The Hall–Kier alpha value is -5.75. The number of hydrogen-bond donors (Lipinski definition) is 0. The third-order valence-corrected chi connectivity index (χ3v) is 11.5. The summed E-state index contributed by atoms with van der Waals surface area (Å²) in [5, 5.41) is 7.28. The van der Waals surface area contributed by atoms with Crippen molar-refractivity contribution < 1.29 is 0 Å². The van der Waals surface area contributed by atoms with E-state index >= 15 is 0 Å². The molecule has 0 unspecified atom stereocenters. The zero-order chi connectivity index (χ0) is 31.6. The van der Waals surface area contributed by atoms with E-state index in [2.05, 4.69) is 152 Å². The first kappa shape index (κ1) is 27.4. The smallest absolute Gasteiger partial charge is 0.165 e. The molecule has 0 atom stereocenters. The van der Waals surface area contributed by atoms with E-state index in [0.29, 0.717) is 17.5 Å². The summed E-state index contributed by atoms with van der Waals surface area (Å²) in [5.74, 6) is 2.01. The molecular formula is C43H25N3S2. The summed E-state index contributed by atoms with van der Waals surface area (Å²) in [6.45, 7) is 0. The normalized spacial score (nSPS) is 11.8. The molecule has 3 aromatic heterocycles. The van der Waals surface area contributed by atoms with Crippen LogP contribution in [0.1, 0.15) is 0 Å². The number of nitrogens with zero attached hydrogens (tertiary/aromatic N) is 3. The summed E-state index contributed by atoms with van der Waals surface area (Å²) >= 11 is 3.60. The maximum atomic E-state index is 5.31. The lowest BCUT2D eigenvalue weighted by Crippen LogP contribution is -2.01. The van der Waals surface area contributed by atoms with Crippen LogP contribution in [-0.4, -0.2) is 15.0 Å². The van der Waals surface area contributed by atoms with E-state index in [-0.39, 0.29) is 0 Å². The number of aromatic nitrogens is 3. The van der Waals surface area contributed by atoms with E-state index in [1.54, 1.807) is 11.3 Å². The Morgan fingerprint density at radius 2 is 0.812 bits per heavy atom. The molecule has 0 aliphatic carbocycles. The van der Waals surface area contributed by atoms with Crippen LogP contribution in [0.3, 0.4) is 0 Å². The molecule has 0 N–H and O–H groups in total. The summed E-state index contributed by atoms with van der Waals surface area (Å²) in [4.78, 5) is 15.9. The fraction of sp³-hybridized carbons (Fsp3) is 0. The Morgan fingerprint density at radius 1 is 0.312 bits per heavy atom. The van der Waals surface area contributed by atoms with Crippen molar-refractivity contribution in [3.8, 4) is 45.3 Å². The highest BCUT2D eigenvalue weighted by Gasteiger charge is 2.20. The van der Waals surface area contributed by atoms with Gasteiger partial charge >= 0.3 is 0 Å². The molecule has 5 heteroatoms. The van der Waals surface area contributed by atoms with Gasteiger partial charge in [-0.25, -0.2) is 15.0 Å². The summed E-state index contributed by atoms with van der Waals surface area (Å²) in [7, 11) is 0. The van der Waals surface area contributed by atoms with Gasteiger partial charge in [-0.05, 0) is 46.2 Å². The van der Waals surface area contributed by atoms with Crippen molar-refractivity contribution in [2.45, 2.75) is 0 Å². The molecule has 3 nitrogen and oxygen atoms in total. The highest BCUT2D eigenvalue weighted by Crippen LogP contribution is 2.43. The van der Waals surface area contributed by atoms with Gasteiger partial charge in [-0.15, -0.1) is 22.7 Å². The van der Waals surface area contributed by atoms with E-state index in [4.69, 9.17) is 15.0 Å². The van der Waals surface area contributed by atoms with Crippen LogP contribution in [0.5, 0.6) is 0 Å². The second-order valence-corrected chi connectivity index (χ2v) is 14.1. The fourth-order valence-corrected chi connectivity index (χ4v) is 9.34. The highest BCUT2D eigenvalue weighted by molar-refractivity contribution is 7.26. The second kappa shape index (κ2) is 10.9. The monoisotopic (exact) mass is 647 g/mol. The van der Waals surface area contributed by atoms with Crippen LogP contribution in [0, 0.1) is 0 Å². The van der Waals surface area contributed by atoms with Gasteiger partial charge in [0.2, 0.25) is 0 Å². The Labute approximate surface area is 284 Å². The molecule has 0 bridgehead atoms. The van der Waals surface area contributed by atoms with E-state index in [1.807, 2.05) is 11.3 Å². The van der Waals surface area contributed by atoms with E-state index in [1.165, 1.54) is 51.1 Å². The third kappa shape index (κ3) is 4.29. The lowest BCUT2D eigenvalue weighted by Gasteiger charge is -2.14. The zero-order valence-corrected chi connectivity index (χ0v) is 27.2. The quantitative estimate of drug-likeness (QED) is 0.191. The lowest BCUT2D eigenvalue weighted by atomic mass is 9.94. The van der Waals surface area contributed by atoms with Crippen molar-refractivity contribution in [3.63, 3.8) is 0 Å². The van der Waals surface area contributed by atoms with Gasteiger partial charge in [0.15, 0.2) is 17.5 Å². The first-order chi connectivity index (χ1) is 23.8. The predicted octanol–water partition coefficient (Wildman–Crippen LogP) is 12.4. The number of hydrogen-bond acceptors (Lipinski definition) is 5. The number of benzene rings is 7. The van der Waals surface area contributed by atoms with Crippen LogP contribution in [0.15, 0.2) is 152 Å². The van der Waals surface area contributed by atoms with Crippen molar-refractivity contribution >= 4 is 73.8 Å². The molecule has 0 amide bonds. The molecule has 10 rings (SSSR count). The molecule has 0 aliphatic heterocycles. The molecule has 0 saturated carbocycles. The maximum Gasteiger partial charge on any atom is 0.165 e. The first-order valence-corrected chi connectivity index (χ1v) is 17.6. The molecule has 48 heavy (non-hydrogen) atoms. The molecule has 3 heterocycles. The third-order valence-electron chi connectivity index (χ3n) is 9.17. The van der Waals surface area contributed by atoms with Gasteiger partial charge in [-0.1, -0.05) is 127 Å². The minimum atomic E-state index is 0.660. The standard InChI is InChI=1S/C43H25N3S2/c1-2-14-27-26(12-1)13-9-19-28(27)29-15-3-4-17-32(29)41-44-42(34-21-11-25-38-39(34)33-18-6-8-24-37(33)47-38)46-43(45-41)35-22-10-20-31-30-16-5-7-23-36(30)48-40(31)35/h1-25H.